The van der Waals surface area contributed by atoms with Gasteiger partial charge in [0.05, 0.1) is 6.10 Å². The molecule has 108 valence electrons. The molecule has 3 nitrogen and oxygen atoms in total. The van der Waals surface area contributed by atoms with Crippen molar-refractivity contribution in [2.45, 2.75) is 56.6 Å². The third-order valence-corrected chi connectivity index (χ3v) is 6.96. The molecular weight excluding hydrogens is 308 g/mol. The summed E-state index contributed by atoms with van der Waals surface area (Å²) >= 11 is 3.65. The van der Waals surface area contributed by atoms with Gasteiger partial charge in [-0.1, -0.05) is 54.1 Å². The molecule has 2 rings (SSSR count). The number of hydrogen-bond acceptors (Lipinski definition) is 3. The second-order valence-corrected chi connectivity index (χ2v) is 7.69. The minimum Gasteiger partial charge on any atom is -0.392 e. The van der Waals surface area contributed by atoms with Gasteiger partial charge in [-0.25, -0.2) is 4.89 Å². The molecule has 4 atom stereocenters. The molecule has 0 aromatic rings. The second kappa shape index (κ2) is 4.69. The van der Waals surface area contributed by atoms with Crippen LogP contribution in [-0.2, 0) is 4.89 Å². The van der Waals surface area contributed by atoms with Crippen LogP contribution in [0.4, 0.5) is 0 Å². The molecule has 2 aliphatic rings. The van der Waals surface area contributed by atoms with Crippen molar-refractivity contribution in [3.63, 3.8) is 0 Å². The van der Waals surface area contributed by atoms with Crippen LogP contribution in [0.2, 0.25) is 0 Å². The molecule has 0 aliphatic heterocycles. The highest BCUT2D eigenvalue weighted by Gasteiger charge is 2.56. The molecule has 4 heteroatoms. The summed E-state index contributed by atoms with van der Waals surface area (Å²) in [5.74, 6) is 0. The molecule has 0 heterocycles. The third-order valence-electron chi connectivity index (χ3n) is 5.21. The van der Waals surface area contributed by atoms with Gasteiger partial charge in [-0.15, -0.1) is 0 Å². The maximum absolute atomic E-state index is 10.2. The number of hydrogen-bond donors (Lipinski definition) is 2. The van der Waals surface area contributed by atoms with Gasteiger partial charge in [-0.3, -0.25) is 5.26 Å². The van der Waals surface area contributed by atoms with Gasteiger partial charge in [0.2, 0.25) is 0 Å². The highest BCUT2D eigenvalue weighted by Crippen LogP contribution is 2.60. The lowest BCUT2D eigenvalue weighted by Gasteiger charge is -2.56. The first-order valence-corrected chi connectivity index (χ1v) is 7.63. The van der Waals surface area contributed by atoms with Crippen LogP contribution in [0.3, 0.4) is 0 Å². The molecule has 2 aliphatic carbocycles. The summed E-state index contributed by atoms with van der Waals surface area (Å²) in [5, 5.41) is 19.2. The van der Waals surface area contributed by atoms with E-state index < -0.39 is 11.7 Å². The number of allylic oxidation sites excluding steroid dienone is 1. The SMILES string of the molecule is C=C1CC(O)C(Br)C(C)(C)C12C=CC(C)(OO)CC2. The molecule has 1 fully saturated rings. The Morgan fingerprint density at radius 1 is 1.32 bits per heavy atom. The van der Waals surface area contributed by atoms with Crippen molar-refractivity contribution in [2.24, 2.45) is 10.8 Å². The molecule has 0 amide bonds. The van der Waals surface area contributed by atoms with E-state index in [0.717, 1.165) is 18.4 Å². The van der Waals surface area contributed by atoms with E-state index in [1.165, 1.54) is 0 Å². The van der Waals surface area contributed by atoms with E-state index in [1.807, 2.05) is 13.0 Å². The normalized spacial score (nSPS) is 45.7. The summed E-state index contributed by atoms with van der Waals surface area (Å²) < 4.78 is 0. The Hall–Kier alpha value is -0.160. The average molecular weight is 331 g/mol. The van der Waals surface area contributed by atoms with Crippen LogP contribution in [0.25, 0.3) is 0 Å². The maximum atomic E-state index is 10.2. The molecule has 0 radical (unpaired) electrons. The molecule has 0 aromatic heterocycles. The third kappa shape index (κ3) is 2.13. The van der Waals surface area contributed by atoms with E-state index in [2.05, 4.69) is 47.3 Å². The molecule has 19 heavy (non-hydrogen) atoms. The molecular formula is C15H23BrO3. The van der Waals surface area contributed by atoms with Gasteiger partial charge in [-0.05, 0) is 31.6 Å². The molecule has 0 saturated heterocycles. The highest BCUT2D eigenvalue weighted by atomic mass is 79.9. The lowest BCUT2D eigenvalue weighted by Crippen LogP contribution is -2.54. The van der Waals surface area contributed by atoms with Crippen LogP contribution >= 0.6 is 15.9 Å². The first-order valence-electron chi connectivity index (χ1n) is 6.72. The topological polar surface area (TPSA) is 49.7 Å². The first kappa shape index (κ1) is 15.2. The molecule has 0 bridgehead atoms. The summed E-state index contributed by atoms with van der Waals surface area (Å²) in [6.45, 7) is 10.4. The Labute approximate surface area is 123 Å². The lowest BCUT2D eigenvalue weighted by atomic mass is 9.51. The van der Waals surface area contributed by atoms with Crippen molar-refractivity contribution >= 4 is 15.9 Å². The zero-order chi connectivity index (χ0) is 14.5. The van der Waals surface area contributed by atoms with Gasteiger partial charge in [0, 0.05) is 10.2 Å². The van der Waals surface area contributed by atoms with E-state index in [9.17, 15) is 5.11 Å². The minimum absolute atomic E-state index is 0.0227. The van der Waals surface area contributed by atoms with Crippen LogP contribution < -0.4 is 0 Å². The lowest BCUT2D eigenvalue weighted by molar-refractivity contribution is -0.307. The molecule has 0 aromatic carbocycles. The Kier molecular flexibility index (Phi) is 3.76. The molecule has 1 spiro atoms. The van der Waals surface area contributed by atoms with E-state index in [4.69, 9.17) is 5.26 Å². The van der Waals surface area contributed by atoms with Crippen molar-refractivity contribution in [1.82, 2.24) is 0 Å². The van der Waals surface area contributed by atoms with Gasteiger partial charge < -0.3 is 5.11 Å². The number of halogens is 1. The Balaban J connectivity index is 2.43. The van der Waals surface area contributed by atoms with Crippen LogP contribution in [0.15, 0.2) is 24.3 Å². The molecule has 2 N–H and O–H groups in total. The summed E-state index contributed by atoms with van der Waals surface area (Å²) in [4.78, 5) is 4.61. The fourth-order valence-electron chi connectivity index (χ4n) is 3.56. The van der Waals surface area contributed by atoms with Gasteiger partial charge in [0.15, 0.2) is 0 Å². The fraction of sp³-hybridized carbons (Fsp3) is 0.733. The second-order valence-electron chi connectivity index (χ2n) is 6.71. The van der Waals surface area contributed by atoms with Crippen molar-refractivity contribution in [1.29, 1.82) is 0 Å². The van der Waals surface area contributed by atoms with Crippen molar-refractivity contribution in [3.8, 4) is 0 Å². The summed E-state index contributed by atoms with van der Waals surface area (Å²) in [6, 6.07) is 0. The number of alkyl halides is 1. The Morgan fingerprint density at radius 2 is 1.95 bits per heavy atom. The largest absolute Gasteiger partial charge is 0.392 e. The number of rotatable bonds is 1. The van der Waals surface area contributed by atoms with Crippen molar-refractivity contribution in [2.75, 3.05) is 0 Å². The predicted molar refractivity (Wildman–Crippen MR) is 79.2 cm³/mol. The number of aliphatic hydroxyl groups excluding tert-OH is 1. The summed E-state index contributed by atoms with van der Waals surface area (Å²) in [6.07, 6.45) is 5.86. The quantitative estimate of drug-likeness (QED) is 0.333. The van der Waals surface area contributed by atoms with Crippen LogP contribution in [0.1, 0.15) is 40.0 Å². The zero-order valence-corrected chi connectivity index (χ0v) is 13.4. The van der Waals surface area contributed by atoms with Crippen LogP contribution in [0.5, 0.6) is 0 Å². The van der Waals surface area contributed by atoms with Gasteiger partial charge in [-0.2, -0.15) is 0 Å². The van der Waals surface area contributed by atoms with E-state index >= 15 is 0 Å². The minimum atomic E-state index is -0.612. The molecule has 4 unspecified atom stereocenters. The smallest absolute Gasteiger partial charge is 0.119 e. The molecule has 1 saturated carbocycles. The van der Waals surface area contributed by atoms with E-state index in [0.29, 0.717) is 6.42 Å². The highest BCUT2D eigenvalue weighted by molar-refractivity contribution is 9.09. The summed E-state index contributed by atoms with van der Waals surface area (Å²) in [5.41, 5.74) is 0.157. The fourth-order valence-corrected chi connectivity index (χ4v) is 4.15. The van der Waals surface area contributed by atoms with Crippen LogP contribution in [-0.4, -0.2) is 26.9 Å². The van der Waals surface area contributed by atoms with Gasteiger partial charge >= 0.3 is 0 Å². The van der Waals surface area contributed by atoms with Crippen molar-refractivity contribution in [3.05, 3.63) is 24.3 Å². The monoisotopic (exact) mass is 330 g/mol. The predicted octanol–water partition coefficient (Wildman–Crippen LogP) is 3.68. The summed E-state index contributed by atoms with van der Waals surface area (Å²) in [7, 11) is 0. The maximum Gasteiger partial charge on any atom is 0.119 e. The number of aliphatic hydroxyl groups is 1. The van der Waals surface area contributed by atoms with E-state index in [1.54, 1.807) is 0 Å². The average Bonchev–Trinajstić information content (AvgIpc) is 2.37. The van der Waals surface area contributed by atoms with Crippen molar-refractivity contribution < 1.29 is 15.3 Å². The Bertz CT molecular complexity index is 418. The Morgan fingerprint density at radius 3 is 2.42 bits per heavy atom. The van der Waals surface area contributed by atoms with Gasteiger partial charge in [0.25, 0.3) is 0 Å². The first-order chi connectivity index (χ1) is 8.68. The van der Waals surface area contributed by atoms with Crippen LogP contribution in [0, 0.1) is 10.8 Å². The zero-order valence-electron chi connectivity index (χ0n) is 11.8. The van der Waals surface area contributed by atoms with Gasteiger partial charge in [0.1, 0.15) is 5.60 Å². The van der Waals surface area contributed by atoms with E-state index in [-0.39, 0.29) is 15.7 Å². The standard InChI is InChI=1S/C15H23BrO3/c1-10-9-11(17)12(16)13(2,3)15(10)7-5-14(4,19-18)6-8-15/h5,7,11-12,17-18H,1,6,8-9H2,2-4H3.